The van der Waals surface area contributed by atoms with Crippen molar-refractivity contribution in [3.05, 3.63) is 54.1 Å². The van der Waals surface area contributed by atoms with Crippen LogP contribution in [0.2, 0.25) is 0 Å². The highest BCUT2D eigenvalue weighted by molar-refractivity contribution is 7.89. The first-order chi connectivity index (χ1) is 13.8. The standard InChI is InChI=1S/C20H24N2O6S/c1-5-6-15-7-12-18(19(13-15)26-3)28-14-20(23)21-16-8-10-17(11-9-16)29(24,25)22(2)27-4/h5-13H,14H2,1-4H3,(H,21,23)/b6-5+. The van der Waals surface area contributed by atoms with Crippen LogP contribution < -0.4 is 14.8 Å². The van der Waals surface area contributed by atoms with Crippen LogP contribution in [0, 0.1) is 0 Å². The molecule has 0 heterocycles. The summed E-state index contributed by atoms with van der Waals surface area (Å²) in [6.45, 7) is 1.69. The molecule has 2 aromatic carbocycles. The van der Waals surface area contributed by atoms with Crippen molar-refractivity contribution in [2.45, 2.75) is 11.8 Å². The topological polar surface area (TPSA) is 94.2 Å². The highest BCUT2D eigenvalue weighted by Crippen LogP contribution is 2.28. The van der Waals surface area contributed by atoms with E-state index in [1.807, 2.05) is 31.2 Å². The Morgan fingerprint density at radius 1 is 1.10 bits per heavy atom. The molecule has 8 nitrogen and oxygen atoms in total. The number of amides is 1. The third-order valence-electron chi connectivity index (χ3n) is 3.94. The summed E-state index contributed by atoms with van der Waals surface area (Å²) in [7, 11) is 0.338. The van der Waals surface area contributed by atoms with Gasteiger partial charge in [-0.2, -0.15) is 0 Å². The van der Waals surface area contributed by atoms with Crippen LogP contribution in [0.15, 0.2) is 53.4 Å². The Labute approximate surface area is 170 Å². The van der Waals surface area contributed by atoms with Crippen LogP contribution in [0.5, 0.6) is 11.5 Å². The summed E-state index contributed by atoms with van der Waals surface area (Å²) in [6.07, 6.45) is 3.83. The fourth-order valence-corrected chi connectivity index (χ4v) is 3.37. The van der Waals surface area contributed by atoms with Crippen molar-refractivity contribution in [2.75, 3.05) is 33.2 Å². The molecule has 0 aliphatic rings. The summed E-state index contributed by atoms with van der Waals surface area (Å²) in [5.74, 6) is 0.569. The third-order valence-corrected chi connectivity index (χ3v) is 5.63. The van der Waals surface area contributed by atoms with Gasteiger partial charge in [0.05, 0.1) is 19.1 Å². The maximum absolute atomic E-state index is 12.2. The molecule has 0 spiro atoms. The molecule has 0 fully saturated rings. The average molecular weight is 420 g/mol. The zero-order chi connectivity index (χ0) is 21.4. The number of benzene rings is 2. The van der Waals surface area contributed by atoms with Crippen molar-refractivity contribution in [1.82, 2.24) is 4.47 Å². The number of ether oxygens (including phenoxy) is 2. The lowest BCUT2D eigenvalue weighted by Gasteiger charge is -2.14. The number of allylic oxidation sites excluding steroid dienone is 1. The van der Waals surface area contributed by atoms with E-state index in [-0.39, 0.29) is 11.5 Å². The fraction of sp³-hybridized carbons (Fsp3) is 0.250. The van der Waals surface area contributed by atoms with Crippen molar-refractivity contribution >= 4 is 27.7 Å². The Morgan fingerprint density at radius 3 is 2.38 bits per heavy atom. The number of hydrogen-bond acceptors (Lipinski definition) is 6. The number of methoxy groups -OCH3 is 1. The monoisotopic (exact) mass is 420 g/mol. The summed E-state index contributed by atoms with van der Waals surface area (Å²) < 4.78 is 35.9. The summed E-state index contributed by atoms with van der Waals surface area (Å²) >= 11 is 0. The molecule has 156 valence electrons. The zero-order valence-corrected chi connectivity index (χ0v) is 17.5. The highest BCUT2D eigenvalue weighted by Gasteiger charge is 2.20. The Bertz CT molecular complexity index is 971. The predicted molar refractivity (Wildman–Crippen MR) is 110 cm³/mol. The molecule has 1 amide bonds. The molecular weight excluding hydrogens is 396 g/mol. The van der Waals surface area contributed by atoms with Gasteiger partial charge in [-0.1, -0.05) is 22.7 Å². The molecule has 0 aromatic heterocycles. The van der Waals surface area contributed by atoms with Gasteiger partial charge in [-0.05, 0) is 48.9 Å². The van der Waals surface area contributed by atoms with Crippen molar-refractivity contribution < 1.29 is 27.5 Å². The molecule has 1 N–H and O–H groups in total. The number of nitrogens with one attached hydrogen (secondary N) is 1. The van der Waals surface area contributed by atoms with Gasteiger partial charge in [0.25, 0.3) is 15.9 Å². The van der Waals surface area contributed by atoms with Crippen molar-refractivity contribution in [2.24, 2.45) is 0 Å². The molecule has 0 unspecified atom stereocenters. The lowest BCUT2D eigenvalue weighted by molar-refractivity contribution is -0.118. The smallest absolute Gasteiger partial charge is 0.264 e. The number of carbonyl (C=O) groups is 1. The molecule has 0 radical (unpaired) electrons. The summed E-state index contributed by atoms with van der Waals surface area (Å²) in [5, 5.41) is 2.65. The number of rotatable bonds is 9. The molecule has 2 rings (SSSR count). The molecule has 0 bridgehead atoms. The van der Waals surface area contributed by atoms with Gasteiger partial charge in [0, 0.05) is 12.7 Å². The first kappa shape index (κ1) is 22.4. The SMILES string of the molecule is C/C=C/c1ccc(OCC(=O)Nc2ccc(S(=O)(=O)N(C)OC)cc2)c(OC)c1. The minimum atomic E-state index is -3.74. The molecule has 9 heteroatoms. The third kappa shape index (κ3) is 5.80. The van der Waals surface area contributed by atoms with E-state index in [1.54, 1.807) is 6.07 Å². The van der Waals surface area contributed by atoms with E-state index < -0.39 is 15.9 Å². The number of hydroxylamine groups is 1. The van der Waals surface area contributed by atoms with Crippen LogP contribution in [-0.2, 0) is 19.7 Å². The minimum absolute atomic E-state index is 0.0436. The molecule has 0 aliphatic carbocycles. The van der Waals surface area contributed by atoms with Crippen molar-refractivity contribution in [1.29, 1.82) is 0 Å². The summed E-state index contributed by atoms with van der Waals surface area (Å²) in [4.78, 5) is 16.9. The van der Waals surface area contributed by atoms with E-state index >= 15 is 0 Å². The quantitative estimate of drug-likeness (QED) is 0.627. The Morgan fingerprint density at radius 2 is 1.79 bits per heavy atom. The van der Waals surface area contributed by atoms with Gasteiger partial charge in [-0.25, -0.2) is 8.42 Å². The molecule has 0 saturated carbocycles. The number of sulfonamides is 1. The molecule has 29 heavy (non-hydrogen) atoms. The average Bonchev–Trinajstić information content (AvgIpc) is 2.72. The minimum Gasteiger partial charge on any atom is -0.493 e. The molecule has 2 aromatic rings. The second-order valence-corrected chi connectivity index (χ2v) is 7.80. The number of hydrogen-bond donors (Lipinski definition) is 1. The van der Waals surface area contributed by atoms with E-state index in [0.29, 0.717) is 17.2 Å². The van der Waals surface area contributed by atoms with Gasteiger partial charge in [0.1, 0.15) is 0 Å². The van der Waals surface area contributed by atoms with E-state index in [2.05, 4.69) is 5.32 Å². The highest BCUT2D eigenvalue weighted by atomic mass is 32.2. The Balaban J connectivity index is 2.00. The van der Waals surface area contributed by atoms with E-state index in [4.69, 9.17) is 14.3 Å². The van der Waals surface area contributed by atoms with Crippen LogP contribution in [-0.4, -0.2) is 46.7 Å². The number of nitrogens with zero attached hydrogens (tertiary/aromatic N) is 1. The molecular formula is C20H24N2O6S. The zero-order valence-electron chi connectivity index (χ0n) is 16.7. The van der Waals surface area contributed by atoms with Crippen LogP contribution in [0.1, 0.15) is 12.5 Å². The van der Waals surface area contributed by atoms with Crippen LogP contribution >= 0.6 is 0 Å². The normalized spacial score (nSPS) is 11.6. The van der Waals surface area contributed by atoms with Crippen LogP contribution in [0.3, 0.4) is 0 Å². The summed E-state index contributed by atoms with van der Waals surface area (Å²) in [5.41, 5.74) is 1.39. The van der Waals surface area contributed by atoms with Gasteiger partial charge in [-0.15, -0.1) is 0 Å². The van der Waals surface area contributed by atoms with Gasteiger partial charge in [-0.3, -0.25) is 9.63 Å². The van der Waals surface area contributed by atoms with Crippen LogP contribution in [0.25, 0.3) is 6.08 Å². The lowest BCUT2D eigenvalue weighted by Crippen LogP contribution is -2.25. The number of carbonyl (C=O) groups excluding carboxylic acids is 1. The van der Waals surface area contributed by atoms with Gasteiger partial charge in [0.2, 0.25) is 0 Å². The Hall–Kier alpha value is -2.88. The maximum atomic E-state index is 12.2. The first-order valence-electron chi connectivity index (χ1n) is 8.68. The predicted octanol–water partition coefficient (Wildman–Crippen LogP) is 2.93. The fourth-order valence-electron chi connectivity index (χ4n) is 2.40. The molecule has 0 saturated heterocycles. The van der Waals surface area contributed by atoms with Crippen molar-refractivity contribution in [3.8, 4) is 11.5 Å². The molecule has 0 aliphatic heterocycles. The number of anilines is 1. The largest absolute Gasteiger partial charge is 0.493 e. The second-order valence-electron chi connectivity index (χ2n) is 5.87. The van der Waals surface area contributed by atoms with Crippen molar-refractivity contribution in [3.63, 3.8) is 0 Å². The lowest BCUT2D eigenvalue weighted by atomic mass is 10.2. The van der Waals surface area contributed by atoms with Gasteiger partial charge >= 0.3 is 0 Å². The van der Waals surface area contributed by atoms with E-state index in [1.165, 1.54) is 45.5 Å². The van der Waals surface area contributed by atoms with E-state index in [0.717, 1.165) is 10.0 Å². The van der Waals surface area contributed by atoms with E-state index in [9.17, 15) is 13.2 Å². The second kappa shape index (κ2) is 10.1. The van der Waals surface area contributed by atoms with Crippen LogP contribution in [0.4, 0.5) is 5.69 Å². The van der Waals surface area contributed by atoms with Gasteiger partial charge < -0.3 is 14.8 Å². The molecule has 0 atom stereocenters. The summed E-state index contributed by atoms with van der Waals surface area (Å²) in [6, 6.07) is 11.1. The van der Waals surface area contributed by atoms with Gasteiger partial charge in [0.15, 0.2) is 18.1 Å². The maximum Gasteiger partial charge on any atom is 0.264 e. The Kier molecular flexibility index (Phi) is 7.77. The first-order valence-corrected chi connectivity index (χ1v) is 10.1.